The molecule has 0 aliphatic heterocycles. The van der Waals surface area contributed by atoms with Crippen LogP contribution >= 0.6 is 0 Å². The molecule has 1 unspecified atom stereocenters. The molecule has 5 heteroatoms. The van der Waals surface area contributed by atoms with Crippen LogP contribution in [0.5, 0.6) is 0 Å². The number of pyridine rings is 1. The summed E-state index contributed by atoms with van der Waals surface area (Å²) in [6, 6.07) is 2.42. The number of nitrogens with zero attached hydrogens (tertiary/aromatic N) is 1. The highest BCUT2D eigenvalue weighted by Gasteiger charge is 2.12. The molecule has 0 radical (unpaired) electrons. The van der Waals surface area contributed by atoms with Crippen LogP contribution in [0.15, 0.2) is 18.3 Å². The Labute approximate surface area is 87.0 Å². The van der Waals surface area contributed by atoms with Crippen LogP contribution in [-0.4, -0.2) is 30.8 Å². The number of aromatic nitrogens is 1. The highest BCUT2D eigenvalue weighted by molar-refractivity contribution is 5.89. The summed E-state index contributed by atoms with van der Waals surface area (Å²) in [5.41, 5.74) is 0.144. The fourth-order valence-corrected chi connectivity index (χ4v) is 1.05. The van der Waals surface area contributed by atoms with E-state index in [9.17, 15) is 9.18 Å². The van der Waals surface area contributed by atoms with Crippen molar-refractivity contribution >= 4 is 5.97 Å². The predicted octanol–water partition coefficient (Wildman–Crippen LogP) is 1.41. The third kappa shape index (κ3) is 3.63. The molecule has 1 rings (SSSR count). The van der Waals surface area contributed by atoms with E-state index in [1.165, 1.54) is 19.4 Å². The fraction of sp³-hybridized carbons (Fsp3) is 0.400. The molecule has 1 heterocycles. The molecule has 1 aromatic heterocycles. The Morgan fingerprint density at radius 3 is 3.00 bits per heavy atom. The summed E-state index contributed by atoms with van der Waals surface area (Å²) in [7, 11) is 1.51. The fourth-order valence-electron chi connectivity index (χ4n) is 1.05. The molecular formula is C10H12FNO3. The van der Waals surface area contributed by atoms with Gasteiger partial charge in [-0.15, -0.1) is 0 Å². The molecule has 0 amide bonds. The molecular weight excluding hydrogens is 201 g/mol. The second kappa shape index (κ2) is 5.41. The monoisotopic (exact) mass is 213 g/mol. The number of hydrogen-bond acceptors (Lipinski definition) is 4. The number of ether oxygens (including phenoxy) is 2. The quantitative estimate of drug-likeness (QED) is 0.560. The van der Waals surface area contributed by atoms with Gasteiger partial charge in [0.2, 0.25) is 5.95 Å². The van der Waals surface area contributed by atoms with Crippen LogP contribution in [0.4, 0.5) is 4.39 Å². The first kappa shape index (κ1) is 11.6. The Kier molecular flexibility index (Phi) is 4.17. The van der Waals surface area contributed by atoms with Crippen molar-refractivity contribution < 1.29 is 18.7 Å². The van der Waals surface area contributed by atoms with Gasteiger partial charge in [-0.25, -0.2) is 9.78 Å². The first-order valence-electron chi connectivity index (χ1n) is 4.45. The summed E-state index contributed by atoms with van der Waals surface area (Å²) < 4.78 is 22.4. The molecule has 0 fully saturated rings. The molecule has 4 nitrogen and oxygen atoms in total. The second-order valence-electron chi connectivity index (χ2n) is 3.04. The lowest BCUT2D eigenvalue weighted by atomic mass is 10.3. The first-order valence-corrected chi connectivity index (χ1v) is 4.45. The van der Waals surface area contributed by atoms with E-state index in [1.807, 2.05) is 0 Å². The van der Waals surface area contributed by atoms with E-state index >= 15 is 0 Å². The molecule has 0 N–H and O–H groups in total. The molecule has 0 saturated heterocycles. The maximum atomic E-state index is 12.7. The van der Waals surface area contributed by atoms with Crippen molar-refractivity contribution in [2.75, 3.05) is 13.7 Å². The van der Waals surface area contributed by atoms with Crippen LogP contribution in [0, 0.1) is 5.95 Å². The van der Waals surface area contributed by atoms with Gasteiger partial charge in [0.25, 0.3) is 0 Å². The normalized spacial score (nSPS) is 12.2. The third-order valence-electron chi connectivity index (χ3n) is 1.67. The number of esters is 1. The minimum absolute atomic E-state index is 0.144. The highest BCUT2D eigenvalue weighted by atomic mass is 19.1. The Morgan fingerprint density at radius 1 is 1.67 bits per heavy atom. The van der Waals surface area contributed by atoms with Crippen molar-refractivity contribution in [3.8, 4) is 0 Å². The van der Waals surface area contributed by atoms with Crippen molar-refractivity contribution in [1.82, 2.24) is 4.98 Å². The van der Waals surface area contributed by atoms with Crippen molar-refractivity contribution in [1.29, 1.82) is 0 Å². The van der Waals surface area contributed by atoms with E-state index in [4.69, 9.17) is 9.47 Å². The molecule has 0 spiro atoms. The Balaban J connectivity index is 2.61. The lowest BCUT2D eigenvalue weighted by Crippen LogP contribution is -2.19. The van der Waals surface area contributed by atoms with Gasteiger partial charge in [0.1, 0.15) is 6.10 Å². The smallest absolute Gasteiger partial charge is 0.338 e. The molecule has 1 atom stereocenters. The molecule has 0 bridgehead atoms. The average Bonchev–Trinajstić information content (AvgIpc) is 2.18. The molecule has 1 aromatic rings. The Morgan fingerprint density at radius 2 is 2.40 bits per heavy atom. The van der Waals surface area contributed by atoms with E-state index < -0.39 is 11.9 Å². The van der Waals surface area contributed by atoms with Gasteiger partial charge in [0.15, 0.2) is 0 Å². The summed E-state index contributed by atoms with van der Waals surface area (Å²) in [6.07, 6.45) is 0.853. The van der Waals surface area contributed by atoms with Crippen LogP contribution in [0.1, 0.15) is 17.3 Å². The molecule has 0 aliphatic rings. The Bertz CT molecular complexity index is 343. The number of rotatable bonds is 4. The van der Waals surface area contributed by atoms with Gasteiger partial charge in [0, 0.05) is 19.4 Å². The summed E-state index contributed by atoms with van der Waals surface area (Å²) in [5, 5.41) is 0. The highest BCUT2D eigenvalue weighted by Crippen LogP contribution is 2.04. The largest absolute Gasteiger partial charge is 0.457 e. The van der Waals surface area contributed by atoms with Crippen molar-refractivity contribution in [2.45, 2.75) is 13.0 Å². The minimum atomic E-state index is -0.705. The summed E-state index contributed by atoms with van der Waals surface area (Å²) in [5.74, 6) is -1.29. The SMILES string of the molecule is COCC(C)OC(=O)c1ccnc(F)c1. The summed E-state index contributed by atoms with van der Waals surface area (Å²) in [4.78, 5) is 14.7. The number of halogens is 1. The summed E-state index contributed by atoms with van der Waals surface area (Å²) >= 11 is 0. The van der Waals surface area contributed by atoms with Crippen molar-refractivity contribution in [3.63, 3.8) is 0 Å². The zero-order valence-electron chi connectivity index (χ0n) is 8.57. The zero-order valence-corrected chi connectivity index (χ0v) is 8.57. The van der Waals surface area contributed by atoms with Gasteiger partial charge in [0.05, 0.1) is 12.2 Å². The lowest BCUT2D eigenvalue weighted by molar-refractivity contribution is 0.0119. The van der Waals surface area contributed by atoms with E-state index in [1.54, 1.807) is 6.92 Å². The van der Waals surface area contributed by atoms with Gasteiger partial charge in [-0.2, -0.15) is 4.39 Å². The number of methoxy groups -OCH3 is 1. The van der Waals surface area contributed by atoms with E-state index in [0.29, 0.717) is 6.61 Å². The van der Waals surface area contributed by atoms with Crippen LogP contribution in [-0.2, 0) is 9.47 Å². The molecule has 15 heavy (non-hydrogen) atoms. The lowest BCUT2D eigenvalue weighted by Gasteiger charge is -2.11. The van der Waals surface area contributed by atoms with E-state index in [-0.39, 0.29) is 11.7 Å². The maximum Gasteiger partial charge on any atom is 0.338 e. The van der Waals surface area contributed by atoms with Gasteiger partial charge < -0.3 is 9.47 Å². The molecule has 0 aromatic carbocycles. The van der Waals surface area contributed by atoms with Gasteiger partial charge in [-0.1, -0.05) is 0 Å². The average molecular weight is 213 g/mol. The van der Waals surface area contributed by atoms with Gasteiger partial charge in [-0.05, 0) is 13.0 Å². The third-order valence-corrected chi connectivity index (χ3v) is 1.67. The van der Waals surface area contributed by atoms with Crippen LogP contribution < -0.4 is 0 Å². The van der Waals surface area contributed by atoms with E-state index in [2.05, 4.69) is 4.98 Å². The Hall–Kier alpha value is -1.49. The predicted molar refractivity (Wildman–Crippen MR) is 50.9 cm³/mol. The number of carbonyl (C=O) groups excluding carboxylic acids is 1. The molecule has 0 saturated carbocycles. The van der Waals surface area contributed by atoms with Crippen LogP contribution in [0.25, 0.3) is 0 Å². The maximum absolute atomic E-state index is 12.7. The topological polar surface area (TPSA) is 48.4 Å². The standard InChI is InChI=1S/C10H12FNO3/c1-7(6-14-2)15-10(13)8-3-4-12-9(11)5-8/h3-5,7H,6H2,1-2H3. The number of carbonyl (C=O) groups is 1. The van der Waals surface area contributed by atoms with Crippen LogP contribution in [0.2, 0.25) is 0 Å². The van der Waals surface area contributed by atoms with Gasteiger partial charge >= 0.3 is 5.97 Å². The number of hydrogen-bond donors (Lipinski definition) is 0. The molecule has 82 valence electrons. The second-order valence-corrected chi connectivity index (χ2v) is 3.04. The first-order chi connectivity index (χ1) is 7.13. The summed E-state index contributed by atoms with van der Waals surface area (Å²) in [6.45, 7) is 2.00. The molecule has 0 aliphatic carbocycles. The van der Waals surface area contributed by atoms with E-state index in [0.717, 1.165) is 6.07 Å². The van der Waals surface area contributed by atoms with Crippen molar-refractivity contribution in [2.24, 2.45) is 0 Å². The van der Waals surface area contributed by atoms with Gasteiger partial charge in [-0.3, -0.25) is 0 Å². The zero-order chi connectivity index (χ0) is 11.3. The minimum Gasteiger partial charge on any atom is -0.457 e. The van der Waals surface area contributed by atoms with Crippen LogP contribution in [0.3, 0.4) is 0 Å². The van der Waals surface area contributed by atoms with Crippen molar-refractivity contribution in [3.05, 3.63) is 29.8 Å².